The predicted molar refractivity (Wildman–Crippen MR) is 118 cm³/mol. The number of hydrogen-bond donors (Lipinski definition) is 1. The summed E-state index contributed by atoms with van der Waals surface area (Å²) in [6, 6.07) is 8.48. The van der Waals surface area contributed by atoms with Crippen molar-refractivity contribution in [2.45, 2.75) is 31.6 Å². The molecule has 2 N–H and O–H groups in total. The van der Waals surface area contributed by atoms with Crippen molar-refractivity contribution in [1.29, 1.82) is 0 Å². The lowest BCUT2D eigenvalue weighted by atomic mass is 10.1. The zero-order valence-electron chi connectivity index (χ0n) is 18.2. The minimum atomic E-state index is -4.44. The summed E-state index contributed by atoms with van der Waals surface area (Å²) in [6.07, 6.45) is -2.45. The molecule has 10 heteroatoms. The van der Waals surface area contributed by atoms with E-state index < -0.39 is 12.2 Å². The fraction of sp³-hybridized carbons (Fsp3) is 0.348. The highest BCUT2D eigenvalue weighted by molar-refractivity contribution is 5.85. The van der Waals surface area contributed by atoms with Gasteiger partial charge in [0.05, 0.1) is 12.6 Å². The zero-order valence-corrected chi connectivity index (χ0v) is 18.2. The van der Waals surface area contributed by atoms with Crippen molar-refractivity contribution in [1.82, 2.24) is 24.5 Å². The van der Waals surface area contributed by atoms with Crippen LogP contribution in [0.1, 0.15) is 23.6 Å². The number of rotatable bonds is 4. The van der Waals surface area contributed by atoms with Crippen LogP contribution in [0, 0.1) is 6.92 Å². The highest BCUT2D eigenvalue weighted by Crippen LogP contribution is 2.39. The van der Waals surface area contributed by atoms with Crippen molar-refractivity contribution < 1.29 is 17.9 Å². The minimum absolute atomic E-state index is 0.115. The number of fused-ring (bicyclic) bond motifs is 2. The number of aromatic nitrogens is 4. The Morgan fingerprint density at radius 1 is 1.12 bits per heavy atom. The molecular weight excluding hydrogens is 433 g/mol. The van der Waals surface area contributed by atoms with Gasteiger partial charge in [0.1, 0.15) is 17.5 Å². The van der Waals surface area contributed by atoms with Gasteiger partial charge < -0.3 is 10.5 Å². The number of aryl methyl sites for hydroxylation is 1. The van der Waals surface area contributed by atoms with E-state index in [4.69, 9.17) is 15.5 Å². The van der Waals surface area contributed by atoms with Gasteiger partial charge in [0.15, 0.2) is 11.5 Å². The molecule has 0 amide bonds. The van der Waals surface area contributed by atoms with Crippen molar-refractivity contribution in [3.63, 3.8) is 0 Å². The second-order valence-electron chi connectivity index (χ2n) is 8.36. The molecule has 2 unspecified atom stereocenters. The van der Waals surface area contributed by atoms with Crippen molar-refractivity contribution in [2.24, 2.45) is 5.73 Å². The molecule has 1 fully saturated rings. The lowest BCUT2D eigenvalue weighted by Gasteiger charge is -2.30. The summed E-state index contributed by atoms with van der Waals surface area (Å²) in [4.78, 5) is 6.12. The maximum atomic E-state index is 14.1. The molecule has 1 aromatic carbocycles. The van der Waals surface area contributed by atoms with E-state index in [0.717, 1.165) is 16.5 Å². The summed E-state index contributed by atoms with van der Waals surface area (Å²) >= 11 is 0. The van der Waals surface area contributed by atoms with E-state index in [-0.39, 0.29) is 18.2 Å². The second kappa shape index (κ2) is 7.96. The summed E-state index contributed by atoms with van der Waals surface area (Å²) in [5, 5.41) is 9.28. The van der Waals surface area contributed by atoms with E-state index in [9.17, 15) is 13.2 Å². The topological polar surface area (TPSA) is 81.6 Å². The molecule has 4 heterocycles. The monoisotopic (exact) mass is 456 g/mol. The number of methoxy groups -OCH3 is 1. The Morgan fingerprint density at radius 2 is 1.91 bits per heavy atom. The SMILES string of the molecule is COc1ccc2ccc(-c3nnc4ccc(C(N5CCC(N)C5)C(F)(F)F)cn34)nc2c1C. The maximum Gasteiger partial charge on any atom is 0.408 e. The molecule has 0 bridgehead atoms. The van der Waals surface area contributed by atoms with E-state index in [1.807, 2.05) is 25.1 Å². The Morgan fingerprint density at radius 3 is 2.61 bits per heavy atom. The van der Waals surface area contributed by atoms with Gasteiger partial charge in [-0.3, -0.25) is 9.30 Å². The Hall–Kier alpha value is -3.24. The standard InChI is InChI=1S/C23H23F3N6O/c1-13-18(33-2)7-4-14-3-6-17(28-20(13)14)22-30-29-19-8-5-15(11-32(19)22)21(23(24,25)26)31-10-9-16(27)12-31/h3-8,11,16,21H,9-10,12,27H2,1-2H3. The molecule has 7 nitrogen and oxygen atoms in total. The summed E-state index contributed by atoms with van der Waals surface area (Å²) in [5.41, 5.74) is 8.56. The number of ether oxygens (including phenoxy) is 1. The molecule has 0 aliphatic carbocycles. The molecule has 3 aromatic heterocycles. The third kappa shape index (κ3) is 3.79. The lowest BCUT2D eigenvalue weighted by molar-refractivity contribution is -0.183. The van der Waals surface area contributed by atoms with Gasteiger partial charge in [-0.05, 0) is 43.2 Å². The van der Waals surface area contributed by atoms with Crippen LogP contribution in [0.5, 0.6) is 5.75 Å². The van der Waals surface area contributed by atoms with Crippen LogP contribution in [0.2, 0.25) is 0 Å². The van der Waals surface area contributed by atoms with Gasteiger partial charge in [0.25, 0.3) is 0 Å². The second-order valence-corrected chi connectivity index (χ2v) is 8.36. The van der Waals surface area contributed by atoms with Crippen molar-refractivity contribution >= 4 is 16.6 Å². The first-order valence-corrected chi connectivity index (χ1v) is 10.6. The van der Waals surface area contributed by atoms with Crippen LogP contribution in [-0.2, 0) is 0 Å². The lowest BCUT2D eigenvalue weighted by Crippen LogP contribution is -2.38. The molecule has 5 rings (SSSR count). The molecule has 33 heavy (non-hydrogen) atoms. The van der Waals surface area contributed by atoms with E-state index in [2.05, 4.69) is 10.2 Å². The Kier molecular flexibility index (Phi) is 5.21. The van der Waals surface area contributed by atoms with Crippen molar-refractivity contribution in [3.8, 4) is 17.3 Å². The van der Waals surface area contributed by atoms with Crippen LogP contribution >= 0.6 is 0 Å². The highest BCUT2D eigenvalue weighted by atomic mass is 19.4. The van der Waals surface area contributed by atoms with Gasteiger partial charge in [-0.15, -0.1) is 10.2 Å². The largest absolute Gasteiger partial charge is 0.496 e. The predicted octanol–water partition coefficient (Wildman–Crippen LogP) is 3.90. The van der Waals surface area contributed by atoms with Gasteiger partial charge >= 0.3 is 6.18 Å². The Bertz CT molecular complexity index is 1340. The molecule has 0 radical (unpaired) electrons. The first-order valence-electron chi connectivity index (χ1n) is 10.6. The molecule has 1 saturated heterocycles. The molecule has 1 aliphatic heterocycles. The average Bonchev–Trinajstić information content (AvgIpc) is 3.39. The minimum Gasteiger partial charge on any atom is -0.496 e. The van der Waals surface area contributed by atoms with Crippen LogP contribution in [0.25, 0.3) is 28.1 Å². The number of halogens is 3. The first kappa shape index (κ1) is 21.6. The first-order chi connectivity index (χ1) is 15.8. The van der Waals surface area contributed by atoms with E-state index in [1.54, 1.807) is 23.6 Å². The fourth-order valence-corrected chi connectivity index (χ4v) is 4.56. The Labute approximate surface area is 188 Å². The van der Waals surface area contributed by atoms with Gasteiger partial charge in [-0.25, -0.2) is 4.98 Å². The smallest absolute Gasteiger partial charge is 0.408 e. The maximum absolute atomic E-state index is 14.1. The molecule has 0 saturated carbocycles. The van der Waals surface area contributed by atoms with E-state index in [0.29, 0.717) is 35.9 Å². The summed E-state index contributed by atoms with van der Waals surface area (Å²) < 4.78 is 49.2. The van der Waals surface area contributed by atoms with Crippen LogP contribution in [-0.4, -0.2) is 56.9 Å². The highest BCUT2D eigenvalue weighted by Gasteiger charge is 2.46. The van der Waals surface area contributed by atoms with Crippen LogP contribution in [0.15, 0.2) is 42.6 Å². The third-order valence-corrected chi connectivity index (χ3v) is 6.19. The number of alkyl halides is 3. The molecule has 0 spiro atoms. The fourth-order valence-electron chi connectivity index (χ4n) is 4.56. The number of nitrogens with zero attached hydrogens (tertiary/aromatic N) is 5. The number of hydrogen-bond acceptors (Lipinski definition) is 6. The third-order valence-electron chi connectivity index (χ3n) is 6.19. The van der Waals surface area contributed by atoms with Gasteiger partial charge in [-0.1, -0.05) is 12.1 Å². The number of likely N-dealkylation sites (tertiary alicyclic amines) is 1. The van der Waals surface area contributed by atoms with E-state index in [1.165, 1.54) is 17.2 Å². The van der Waals surface area contributed by atoms with Gasteiger partial charge in [0.2, 0.25) is 0 Å². The van der Waals surface area contributed by atoms with Crippen LogP contribution in [0.4, 0.5) is 13.2 Å². The number of benzene rings is 1. The van der Waals surface area contributed by atoms with Crippen molar-refractivity contribution in [2.75, 3.05) is 20.2 Å². The number of pyridine rings is 2. The average molecular weight is 456 g/mol. The molecule has 1 aliphatic rings. The summed E-state index contributed by atoms with van der Waals surface area (Å²) in [5.74, 6) is 1.08. The van der Waals surface area contributed by atoms with Gasteiger partial charge in [0, 0.05) is 36.3 Å². The zero-order chi connectivity index (χ0) is 23.3. The Balaban J connectivity index is 1.62. The quantitative estimate of drug-likeness (QED) is 0.502. The van der Waals surface area contributed by atoms with Crippen molar-refractivity contribution in [3.05, 3.63) is 53.7 Å². The summed E-state index contributed by atoms with van der Waals surface area (Å²) in [7, 11) is 1.59. The molecular formula is C23H23F3N6O. The van der Waals surface area contributed by atoms with Crippen LogP contribution in [0.3, 0.4) is 0 Å². The molecule has 172 valence electrons. The van der Waals surface area contributed by atoms with Crippen LogP contribution < -0.4 is 10.5 Å². The normalized spacial score (nSPS) is 18.3. The summed E-state index contributed by atoms with van der Waals surface area (Å²) in [6.45, 7) is 2.41. The molecule has 4 aromatic rings. The number of nitrogens with two attached hydrogens (primary N) is 1. The van der Waals surface area contributed by atoms with E-state index >= 15 is 0 Å². The van der Waals surface area contributed by atoms with Gasteiger partial charge in [-0.2, -0.15) is 13.2 Å². The molecule has 2 atom stereocenters.